The van der Waals surface area contributed by atoms with Crippen molar-refractivity contribution in [3.63, 3.8) is 0 Å². The SMILES string of the molecule is CC(C)(C)N(CC(=O)Nc1ccccc1)Cc1cc(CC(C)(C)n2cc(C(F)(F)F)cc(Cl)c2=O)co1. The third-order valence-corrected chi connectivity index (χ3v) is 6.26. The topological polar surface area (TPSA) is 67.5 Å². The van der Waals surface area contributed by atoms with Crippen LogP contribution in [0.2, 0.25) is 5.02 Å². The number of alkyl halides is 3. The minimum atomic E-state index is -4.64. The molecule has 0 saturated heterocycles. The second kappa shape index (κ2) is 10.8. The van der Waals surface area contributed by atoms with Gasteiger partial charge in [-0.1, -0.05) is 29.8 Å². The van der Waals surface area contributed by atoms with E-state index >= 15 is 0 Å². The van der Waals surface area contributed by atoms with E-state index in [1.807, 2.05) is 56.0 Å². The van der Waals surface area contributed by atoms with Gasteiger partial charge in [-0.2, -0.15) is 13.2 Å². The van der Waals surface area contributed by atoms with Crippen molar-refractivity contribution >= 4 is 23.2 Å². The molecule has 0 bridgehead atoms. The third-order valence-electron chi connectivity index (χ3n) is 5.99. The van der Waals surface area contributed by atoms with Crippen LogP contribution in [0, 0.1) is 0 Å². The zero-order valence-corrected chi connectivity index (χ0v) is 22.2. The Labute approximate surface area is 219 Å². The molecular formula is C27H31ClF3N3O3. The molecule has 0 aliphatic heterocycles. The molecule has 0 aliphatic carbocycles. The molecule has 200 valence electrons. The molecule has 37 heavy (non-hydrogen) atoms. The molecule has 1 amide bonds. The van der Waals surface area contributed by atoms with Gasteiger partial charge < -0.3 is 14.3 Å². The number of aromatic nitrogens is 1. The number of para-hydroxylation sites is 1. The van der Waals surface area contributed by atoms with Gasteiger partial charge in [0.15, 0.2) is 0 Å². The first-order valence-corrected chi connectivity index (χ1v) is 12.1. The number of hydrogen-bond donors (Lipinski definition) is 1. The molecule has 1 aromatic carbocycles. The van der Waals surface area contributed by atoms with Gasteiger partial charge in [0.1, 0.15) is 10.8 Å². The molecule has 0 unspecified atom stereocenters. The summed E-state index contributed by atoms with van der Waals surface area (Å²) >= 11 is 5.84. The summed E-state index contributed by atoms with van der Waals surface area (Å²) in [7, 11) is 0. The van der Waals surface area contributed by atoms with Crippen LogP contribution in [0.4, 0.5) is 18.9 Å². The summed E-state index contributed by atoms with van der Waals surface area (Å²) in [5.74, 6) is 0.414. The number of rotatable bonds is 8. The van der Waals surface area contributed by atoms with E-state index in [0.717, 1.165) is 10.8 Å². The number of anilines is 1. The normalized spacial score (nSPS) is 12.7. The highest BCUT2D eigenvalue weighted by Gasteiger charge is 2.34. The van der Waals surface area contributed by atoms with Crippen LogP contribution in [0.1, 0.15) is 51.5 Å². The van der Waals surface area contributed by atoms with Crippen molar-refractivity contribution in [3.8, 4) is 0 Å². The molecular weight excluding hydrogens is 507 g/mol. The van der Waals surface area contributed by atoms with Crippen molar-refractivity contribution in [2.75, 3.05) is 11.9 Å². The summed E-state index contributed by atoms with van der Waals surface area (Å²) in [6, 6.07) is 11.6. The lowest BCUT2D eigenvalue weighted by Crippen LogP contribution is -2.45. The Kier molecular flexibility index (Phi) is 8.29. The van der Waals surface area contributed by atoms with Crippen LogP contribution in [-0.2, 0) is 29.5 Å². The Morgan fingerprint density at radius 3 is 2.32 bits per heavy atom. The summed E-state index contributed by atoms with van der Waals surface area (Å²) in [5, 5.41) is 2.38. The van der Waals surface area contributed by atoms with Crippen molar-refractivity contribution in [2.24, 2.45) is 0 Å². The van der Waals surface area contributed by atoms with Crippen molar-refractivity contribution in [1.29, 1.82) is 0 Å². The quantitative estimate of drug-likeness (QED) is 0.364. The number of furan rings is 1. The van der Waals surface area contributed by atoms with E-state index in [1.165, 1.54) is 6.26 Å². The van der Waals surface area contributed by atoms with Gasteiger partial charge in [0.2, 0.25) is 5.91 Å². The van der Waals surface area contributed by atoms with Gasteiger partial charge in [-0.3, -0.25) is 14.5 Å². The van der Waals surface area contributed by atoms with E-state index in [4.69, 9.17) is 16.0 Å². The van der Waals surface area contributed by atoms with Gasteiger partial charge in [-0.15, -0.1) is 0 Å². The number of nitrogens with zero attached hydrogens (tertiary/aromatic N) is 2. The zero-order chi connectivity index (χ0) is 27.6. The first-order chi connectivity index (χ1) is 17.1. The lowest BCUT2D eigenvalue weighted by molar-refractivity contribution is -0.138. The van der Waals surface area contributed by atoms with Crippen molar-refractivity contribution in [2.45, 2.75) is 64.8 Å². The molecule has 6 nitrogen and oxygen atoms in total. The summed E-state index contributed by atoms with van der Waals surface area (Å²) < 4.78 is 46.7. The number of nitrogens with one attached hydrogen (secondary N) is 1. The second-order valence-corrected chi connectivity index (χ2v) is 11.0. The lowest BCUT2D eigenvalue weighted by Gasteiger charge is -2.34. The van der Waals surface area contributed by atoms with Crippen LogP contribution in [-0.4, -0.2) is 27.5 Å². The molecule has 0 spiro atoms. The first kappa shape index (κ1) is 28.5. The second-order valence-electron chi connectivity index (χ2n) is 10.6. The minimum Gasteiger partial charge on any atom is -0.468 e. The molecule has 2 heterocycles. The lowest BCUT2D eigenvalue weighted by atomic mass is 9.95. The summed E-state index contributed by atoms with van der Waals surface area (Å²) in [5.41, 5.74) is -1.68. The predicted molar refractivity (Wildman–Crippen MR) is 138 cm³/mol. The van der Waals surface area contributed by atoms with Crippen LogP contribution in [0.15, 0.2) is 64.1 Å². The smallest absolute Gasteiger partial charge is 0.417 e. The van der Waals surface area contributed by atoms with Gasteiger partial charge in [-0.25, -0.2) is 0 Å². The molecule has 0 aliphatic rings. The molecule has 0 radical (unpaired) electrons. The molecule has 0 fully saturated rings. The van der Waals surface area contributed by atoms with Crippen LogP contribution >= 0.6 is 11.6 Å². The fourth-order valence-electron chi connectivity index (χ4n) is 3.95. The molecule has 3 rings (SSSR count). The van der Waals surface area contributed by atoms with E-state index in [-0.39, 0.29) is 24.4 Å². The molecule has 3 aromatic rings. The third kappa shape index (κ3) is 7.49. The fraction of sp³-hybridized carbons (Fsp3) is 0.407. The Balaban J connectivity index is 1.76. The number of pyridine rings is 1. The van der Waals surface area contributed by atoms with Crippen LogP contribution < -0.4 is 10.9 Å². The molecule has 2 aromatic heterocycles. The van der Waals surface area contributed by atoms with Gasteiger partial charge in [-0.05, 0) is 70.9 Å². The summed E-state index contributed by atoms with van der Waals surface area (Å²) in [4.78, 5) is 27.2. The highest BCUT2D eigenvalue weighted by molar-refractivity contribution is 6.30. The monoisotopic (exact) mass is 537 g/mol. The van der Waals surface area contributed by atoms with Crippen molar-refractivity contribution in [3.05, 3.63) is 87.2 Å². The molecule has 1 N–H and O–H groups in total. The molecule has 0 saturated carbocycles. The van der Waals surface area contributed by atoms with E-state index in [2.05, 4.69) is 5.32 Å². The highest BCUT2D eigenvalue weighted by atomic mass is 35.5. The Bertz CT molecular complexity index is 1290. The van der Waals surface area contributed by atoms with Gasteiger partial charge in [0.25, 0.3) is 5.56 Å². The number of benzene rings is 1. The molecule has 10 heteroatoms. The van der Waals surface area contributed by atoms with E-state index in [1.54, 1.807) is 19.9 Å². The number of hydrogen-bond acceptors (Lipinski definition) is 4. The van der Waals surface area contributed by atoms with Crippen LogP contribution in [0.25, 0.3) is 0 Å². The van der Waals surface area contributed by atoms with Crippen LogP contribution in [0.3, 0.4) is 0 Å². The number of halogens is 4. The maximum atomic E-state index is 13.3. The minimum absolute atomic E-state index is 0.123. The first-order valence-electron chi connectivity index (χ1n) is 11.7. The van der Waals surface area contributed by atoms with E-state index < -0.39 is 27.9 Å². The van der Waals surface area contributed by atoms with Gasteiger partial charge >= 0.3 is 6.18 Å². The largest absolute Gasteiger partial charge is 0.468 e. The van der Waals surface area contributed by atoms with Crippen molar-refractivity contribution < 1.29 is 22.4 Å². The van der Waals surface area contributed by atoms with Crippen LogP contribution in [0.5, 0.6) is 0 Å². The van der Waals surface area contributed by atoms with Crippen molar-refractivity contribution in [1.82, 2.24) is 9.47 Å². The maximum absolute atomic E-state index is 13.3. The maximum Gasteiger partial charge on any atom is 0.417 e. The standard InChI is InChI=1S/C27H31ClF3N3O3/c1-25(2,3)33(16-23(35)32-20-9-7-6-8-10-20)15-21-11-18(17-37-21)13-26(4,5)34-14-19(27(29,30)31)12-22(28)24(34)36/h6-12,14,17H,13,15-16H2,1-5H3,(H,32,35). The highest BCUT2D eigenvalue weighted by Crippen LogP contribution is 2.32. The van der Waals surface area contributed by atoms with E-state index in [0.29, 0.717) is 29.6 Å². The Hall–Kier alpha value is -3.04. The number of amides is 1. The Morgan fingerprint density at radius 2 is 1.73 bits per heavy atom. The predicted octanol–water partition coefficient (Wildman–Crippen LogP) is 6.33. The average molecular weight is 538 g/mol. The summed E-state index contributed by atoms with van der Waals surface area (Å²) in [6.07, 6.45) is -2.11. The fourth-order valence-corrected chi connectivity index (χ4v) is 4.16. The van der Waals surface area contributed by atoms with Gasteiger partial charge in [0, 0.05) is 23.0 Å². The average Bonchev–Trinajstić information content (AvgIpc) is 3.20. The number of carbonyl (C=O) groups is 1. The molecule has 0 atom stereocenters. The van der Waals surface area contributed by atoms with Gasteiger partial charge in [0.05, 0.1) is 24.9 Å². The van der Waals surface area contributed by atoms with E-state index in [9.17, 15) is 22.8 Å². The zero-order valence-electron chi connectivity index (χ0n) is 21.4. The Morgan fingerprint density at radius 1 is 1.08 bits per heavy atom. The number of carbonyl (C=O) groups excluding carboxylic acids is 1. The summed E-state index contributed by atoms with van der Waals surface area (Å²) in [6.45, 7) is 9.73.